The normalized spacial score (nSPS) is 12.2. The van der Waals surface area contributed by atoms with Crippen LogP contribution in [0, 0.1) is 0 Å². The lowest BCUT2D eigenvalue weighted by atomic mass is 10.1. The molecule has 0 saturated carbocycles. The van der Waals surface area contributed by atoms with Gasteiger partial charge in [-0.15, -0.1) is 11.6 Å². The van der Waals surface area contributed by atoms with Gasteiger partial charge >= 0.3 is 0 Å². The average molecular weight is 234 g/mol. The summed E-state index contributed by atoms with van der Waals surface area (Å²) in [6.07, 6.45) is 0. The zero-order chi connectivity index (χ0) is 10.7. The van der Waals surface area contributed by atoms with Crippen molar-refractivity contribution in [3.8, 4) is 5.75 Å². The molecule has 3 nitrogen and oxygen atoms in total. The minimum absolute atomic E-state index is 0.400. The van der Waals surface area contributed by atoms with Crippen LogP contribution in [-0.4, -0.2) is 13.0 Å². The molecule has 0 spiro atoms. The molecule has 0 fully saturated rings. The summed E-state index contributed by atoms with van der Waals surface area (Å²) in [4.78, 5) is 10.8. The van der Waals surface area contributed by atoms with Crippen molar-refractivity contribution in [1.29, 1.82) is 0 Å². The van der Waals surface area contributed by atoms with Crippen LogP contribution in [0.5, 0.6) is 5.75 Å². The highest BCUT2D eigenvalue weighted by Crippen LogP contribution is 2.29. The van der Waals surface area contributed by atoms with Gasteiger partial charge in [0, 0.05) is 0 Å². The lowest BCUT2D eigenvalue weighted by Crippen LogP contribution is -2.16. The summed E-state index contributed by atoms with van der Waals surface area (Å²) in [6.45, 7) is 0. The quantitative estimate of drug-likeness (QED) is 0.814. The second kappa shape index (κ2) is 4.53. The van der Waals surface area contributed by atoms with E-state index < -0.39 is 11.3 Å². The number of rotatable bonds is 3. The van der Waals surface area contributed by atoms with E-state index in [-0.39, 0.29) is 0 Å². The molecule has 0 aliphatic carbocycles. The standard InChI is InChI=1S/C9H9Cl2NO2/c1-14-7-3-2-5(4-6(7)10)8(11)9(12)13/h2-4,8H,1H3,(H2,12,13). The Hall–Kier alpha value is -0.930. The second-order valence-electron chi connectivity index (χ2n) is 2.66. The van der Waals surface area contributed by atoms with E-state index in [9.17, 15) is 4.79 Å². The first-order valence-electron chi connectivity index (χ1n) is 3.83. The molecule has 0 aliphatic heterocycles. The van der Waals surface area contributed by atoms with Crippen molar-refractivity contribution < 1.29 is 9.53 Å². The Labute approximate surface area is 91.7 Å². The Morgan fingerprint density at radius 3 is 2.64 bits per heavy atom. The molecule has 1 rings (SSSR count). The zero-order valence-electron chi connectivity index (χ0n) is 7.46. The van der Waals surface area contributed by atoms with Crippen molar-refractivity contribution in [2.24, 2.45) is 5.73 Å². The Morgan fingerprint density at radius 1 is 1.57 bits per heavy atom. The maximum absolute atomic E-state index is 10.8. The molecule has 1 aromatic rings. The van der Waals surface area contributed by atoms with Crippen LogP contribution >= 0.6 is 23.2 Å². The maximum atomic E-state index is 10.8. The van der Waals surface area contributed by atoms with Gasteiger partial charge in [0.05, 0.1) is 12.1 Å². The number of halogens is 2. The van der Waals surface area contributed by atoms with E-state index in [1.807, 2.05) is 0 Å². The van der Waals surface area contributed by atoms with E-state index in [4.69, 9.17) is 33.7 Å². The zero-order valence-corrected chi connectivity index (χ0v) is 8.97. The fourth-order valence-corrected chi connectivity index (χ4v) is 1.41. The van der Waals surface area contributed by atoms with Crippen LogP contribution in [0.15, 0.2) is 18.2 Å². The number of methoxy groups -OCH3 is 1. The predicted octanol–water partition coefficient (Wildman–Crippen LogP) is 2.11. The summed E-state index contributed by atoms with van der Waals surface area (Å²) < 4.78 is 4.95. The number of carbonyl (C=O) groups is 1. The third-order valence-corrected chi connectivity index (χ3v) is 2.48. The van der Waals surface area contributed by atoms with Gasteiger partial charge in [0.25, 0.3) is 0 Å². The predicted molar refractivity (Wildman–Crippen MR) is 55.8 cm³/mol. The molecule has 0 bridgehead atoms. The number of alkyl halides is 1. The van der Waals surface area contributed by atoms with Crippen LogP contribution in [0.2, 0.25) is 5.02 Å². The highest BCUT2D eigenvalue weighted by molar-refractivity contribution is 6.33. The molecule has 0 aromatic heterocycles. The molecule has 0 saturated heterocycles. The molecule has 1 atom stereocenters. The summed E-state index contributed by atoms with van der Waals surface area (Å²) in [5, 5.41) is -0.463. The minimum Gasteiger partial charge on any atom is -0.495 e. The van der Waals surface area contributed by atoms with Gasteiger partial charge in [0.2, 0.25) is 5.91 Å². The van der Waals surface area contributed by atoms with Crippen molar-refractivity contribution in [1.82, 2.24) is 0 Å². The van der Waals surface area contributed by atoms with E-state index in [1.165, 1.54) is 7.11 Å². The highest BCUT2D eigenvalue weighted by atomic mass is 35.5. The van der Waals surface area contributed by atoms with E-state index in [0.29, 0.717) is 16.3 Å². The second-order valence-corrected chi connectivity index (χ2v) is 3.50. The van der Waals surface area contributed by atoms with Crippen LogP contribution < -0.4 is 10.5 Å². The van der Waals surface area contributed by atoms with E-state index in [2.05, 4.69) is 0 Å². The number of hydrogen-bond donors (Lipinski definition) is 1. The van der Waals surface area contributed by atoms with Gasteiger partial charge in [0.15, 0.2) is 0 Å². The Balaban J connectivity index is 3.02. The summed E-state index contributed by atoms with van der Waals surface area (Å²) in [6, 6.07) is 4.84. The van der Waals surface area contributed by atoms with Crippen LogP contribution in [0.25, 0.3) is 0 Å². The number of amides is 1. The minimum atomic E-state index is -0.863. The molecule has 1 aromatic carbocycles. The fraction of sp³-hybridized carbons (Fsp3) is 0.222. The van der Waals surface area contributed by atoms with Crippen LogP contribution in [0.4, 0.5) is 0 Å². The molecule has 1 amide bonds. The molecule has 0 radical (unpaired) electrons. The van der Waals surface area contributed by atoms with Gasteiger partial charge in [-0.1, -0.05) is 17.7 Å². The largest absolute Gasteiger partial charge is 0.495 e. The first-order valence-corrected chi connectivity index (χ1v) is 4.64. The van der Waals surface area contributed by atoms with Crippen molar-refractivity contribution in [3.05, 3.63) is 28.8 Å². The van der Waals surface area contributed by atoms with Gasteiger partial charge in [0.1, 0.15) is 11.1 Å². The van der Waals surface area contributed by atoms with Crippen LogP contribution in [0.1, 0.15) is 10.9 Å². The molecule has 2 N–H and O–H groups in total. The van der Waals surface area contributed by atoms with Crippen LogP contribution in [0.3, 0.4) is 0 Å². The third-order valence-electron chi connectivity index (χ3n) is 1.72. The third kappa shape index (κ3) is 2.30. The summed E-state index contributed by atoms with van der Waals surface area (Å²) >= 11 is 11.6. The van der Waals surface area contributed by atoms with Crippen molar-refractivity contribution in [2.45, 2.75) is 5.38 Å². The maximum Gasteiger partial charge on any atom is 0.240 e. The first-order chi connectivity index (χ1) is 6.56. The smallest absolute Gasteiger partial charge is 0.240 e. The Kier molecular flexibility index (Phi) is 3.61. The SMILES string of the molecule is COc1ccc(C(Cl)C(N)=O)cc1Cl. The van der Waals surface area contributed by atoms with Gasteiger partial charge in [-0.05, 0) is 17.7 Å². The molecule has 76 valence electrons. The van der Waals surface area contributed by atoms with Gasteiger partial charge in [-0.3, -0.25) is 4.79 Å². The Bertz CT molecular complexity index is 355. The number of hydrogen-bond acceptors (Lipinski definition) is 2. The number of ether oxygens (including phenoxy) is 1. The van der Waals surface area contributed by atoms with Gasteiger partial charge in [-0.2, -0.15) is 0 Å². The summed E-state index contributed by atoms with van der Waals surface area (Å²) in [7, 11) is 1.51. The monoisotopic (exact) mass is 233 g/mol. The van der Waals surface area contributed by atoms with Gasteiger partial charge in [-0.25, -0.2) is 0 Å². The van der Waals surface area contributed by atoms with E-state index in [0.717, 1.165) is 0 Å². The number of nitrogens with two attached hydrogens (primary N) is 1. The average Bonchev–Trinajstić information content (AvgIpc) is 2.16. The fourth-order valence-electron chi connectivity index (χ4n) is 1.00. The van der Waals surface area contributed by atoms with E-state index in [1.54, 1.807) is 18.2 Å². The topological polar surface area (TPSA) is 52.3 Å². The molecular formula is C9H9Cl2NO2. The van der Waals surface area contributed by atoms with E-state index >= 15 is 0 Å². The summed E-state index contributed by atoms with van der Waals surface area (Å²) in [5.74, 6) is -0.0725. The highest BCUT2D eigenvalue weighted by Gasteiger charge is 2.15. The molecule has 5 heteroatoms. The lowest BCUT2D eigenvalue weighted by molar-refractivity contribution is -0.117. The van der Waals surface area contributed by atoms with Gasteiger partial charge < -0.3 is 10.5 Å². The Morgan fingerprint density at radius 2 is 2.21 bits per heavy atom. The van der Waals surface area contributed by atoms with Crippen LogP contribution in [-0.2, 0) is 4.79 Å². The van der Waals surface area contributed by atoms with Crippen molar-refractivity contribution in [2.75, 3.05) is 7.11 Å². The number of benzene rings is 1. The molecule has 14 heavy (non-hydrogen) atoms. The molecular weight excluding hydrogens is 225 g/mol. The lowest BCUT2D eigenvalue weighted by Gasteiger charge is -2.08. The van der Waals surface area contributed by atoms with Crippen molar-refractivity contribution in [3.63, 3.8) is 0 Å². The number of primary amides is 1. The number of carbonyl (C=O) groups excluding carboxylic acids is 1. The molecule has 1 unspecified atom stereocenters. The summed E-state index contributed by atoms with van der Waals surface area (Å²) in [5.41, 5.74) is 5.60. The molecule has 0 heterocycles. The van der Waals surface area contributed by atoms with Crippen molar-refractivity contribution >= 4 is 29.1 Å². The molecule has 0 aliphatic rings. The first kappa shape index (κ1) is 11.1.